The second-order valence-electron chi connectivity index (χ2n) is 4.97. The summed E-state index contributed by atoms with van der Waals surface area (Å²) in [6, 6.07) is 9.91. The predicted octanol–water partition coefficient (Wildman–Crippen LogP) is 3.75. The van der Waals surface area contributed by atoms with Crippen molar-refractivity contribution < 1.29 is 5.11 Å². The van der Waals surface area contributed by atoms with Gasteiger partial charge in [-0.3, -0.25) is 4.98 Å². The highest BCUT2D eigenvalue weighted by Crippen LogP contribution is 2.28. The molecule has 0 radical (unpaired) electrons. The quantitative estimate of drug-likeness (QED) is 0.922. The molecule has 0 bridgehead atoms. The molecular formula is C16H18ClNO. The van der Waals surface area contributed by atoms with E-state index in [1.54, 1.807) is 12.4 Å². The Morgan fingerprint density at radius 1 is 1.21 bits per heavy atom. The Morgan fingerprint density at radius 3 is 2.47 bits per heavy atom. The number of aliphatic hydroxyl groups is 1. The maximum atomic E-state index is 10.6. The lowest BCUT2D eigenvalue weighted by molar-refractivity contribution is 0.0576. The van der Waals surface area contributed by atoms with Crippen LogP contribution in [0.15, 0.2) is 42.7 Å². The van der Waals surface area contributed by atoms with Crippen LogP contribution in [0.2, 0.25) is 5.02 Å². The maximum Gasteiger partial charge on any atom is 0.0909 e. The Bertz CT molecular complexity index is 549. The number of hydrogen-bond acceptors (Lipinski definition) is 2. The molecule has 3 heteroatoms. The Hall–Kier alpha value is -1.38. The van der Waals surface area contributed by atoms with Crippen LogP contribution in [0.3, 0.4) is 0 Å². The molecule has 0 aliphatic heterocycles. The third kappa shape index (κ3) is 3.34. The Morgan fingerprint density at radius 2 is 1.89 bits per heavy atom. The second-order valence-corrected chi connectivity index (χ2v) is 5.38. The maximum absolute atomic E-state index is 10.6. The summed E-state index contributed by atoms with van der Waals surface area (Å²) in [6.45, 7) is 3.93. The summed E-state index contributed by atoms with van der Waals surface area (Å²) in [5.41, 5.74) is 2.14. The van der Waals surface area contributed by atoms with Crippen molar-refractivity contribution in [3.05, 3.63) is 64.4 Å². The van der Waals surface area contributed by atoms with E-state index >= 15 is 0 Å². The van der Waals surface area contributed by atoms with E-state index < -0.39 is 5.60 Å². The van der Waals surface area contributed by atoms with E-state index in [9.17, 15) is 5.11 Å². The summed E-state index contributed by atoms with van der Waals surface area (Å²) in [6.07, 6.45) is 4.77. The van der Waals surface area contributed by atoms with E-state index in [1.807, 2.05) is 25.1 Å². The molecule has 2 aromatic rings. The first-order valence-electron chi connectivity index (χ1n) is 6.43. The van der Waals surface area contributed by atoms with Crippen LogP contribution in [0.25, 0.3) is 0 Å². The van der Waals surface area contributed by atoms with Crippen molar-refractivity contribution >= 4 is 11.6 Å². The van der Waals surface area contributed by atoms with Gasteiger partial charge < -0.3 is 5.11 Å². The summed E-state index contributed by atoms with van der Waals surface area (Å²) in [7, 11) is 0. The normalized spacial score (nSPS) is 14.1. The molecule has 0 fully saturated rings. The molecule has 0 spiro atoms. The Labute approximate surface area is 119 Å². The molecule has 1 aromatic carbocycles. The van der Waals surface area contributed by atoms with Gasteiger partial charge in [0.25, 0.3) is 0 Å². The summed E-state index contributed by atoms with van der Waals surface area (Å²) in [5, 5.41) is 11.2. The van der Waals surface area contributed by atoms with Crippen LogP contribution in [-0.4, -0.2) is 10.1 Å². The molecule has 1 unspecified atom stereocenters. The van der Waals surface area contributed by atoms with Crippen molar-refractivity contribution in [3.63, 3.8) is 0 Å². The number of benzene rings is 1. The van der Waals surface area contributed by atoms with Gasteiger partial charge in [-0.25, -0.2) is 0 Å². The van der Waals surface area contributed by atoms with Crippen LogP contribution in [0.5, 0.6) is 0 Å². The van der Waals surface area contributed by atoms with Crippen LogP contribution in [0.1, 0.15) is 30.5 Å². The van der Waals surface area contributed by atoms with E-state index in [4.69, 9.17) is 11.6 Å². The fraction of sp³-hybridized carbons (Fsp3) is 0.312. The summed E-state index contributed by atoms with van der Waals surface area (Å²) >= 11 is 6.09. The average molecular weight is 276 g/mol. The molecule has 19 heavy (non-hydrogen) atoms. The number of halogens is 1. The molecule has 0 saturated heterocycles. The number of aryl methyl sites for hydroxylation is 1. The highest BCUT2D eigenvalue weighted by atomic mass is 35.5. The fourth-order valence-electron chi connectivity index (χ4n) is 2.12. The molecule has 0 aliphatic carbocycles. The summed E-state index contributed by atoms with van der Waals surface area (Å²) in [4.78, 5) is 3.96. The molecule has 0 saturated carbocycles. The van der Waals surface area contributed by atoms with Crippen LogP contribution in [0, 0.1) is 0 Å². The van der Waals surface area contributed by atoms with Gasteiger partial charge in [-0.1, -0.05) is 42.8 Å². The highest BCUT2D eigenvalue weighted by molar-refractivity contribution is 6.31. The minimum absolute atomic E-state index is 0.472. The zero-order valence-electron chi connectivity index (χ0n) is 11.2. The molecule has 100 valence electrons. The second kappa shape index (κ2) is 5.72. The van der Waals surface area contributed by atoms with E-state index in [0.29, 0.717) is 11.4 Å². The molecule has 1 atom stereocenters. The first-order valence-corrected chi connectivity index (χ1v) is 6.81. The topological polar surface area (TPSA) is 33.1 Å². The molecule has 0 aliphatic rings. The average Bonchev–Trinajstić information content (AvgIpc) is 2.41. The molecule has 0 amide bonds. The van der Waals surface area contributed by atoms with Crippen LogP contribution < -0.4 is 0 Å². The smallest absolute Gasteiger partial charge is 0.0909 e. The zero-order valence-corrected chi connectivity index (χ0v) is 12.0. The Balaban J connectivity index is 2.24. The van der Waals surface area contributed by atoms with Gasteiger partial charge in [-0.2, -0.15) is 0 Å². The van der Waals surface area contributed by atoms with Crippen molar-refractivity contribution in [2.75, 3.05) is 0 Å². The minimum Gasteiger partial charge on any atom is -0.385 e. The van der Waals surface area contributed by atoms with Crippen molar-refractivity contribution in [2.45, 2.75) is 32.3 Å². The van der Waals surface area contributed by atoms with Crippen molar-refractivity contribution in [3.8, 4) is 0 Å². The van der Waals surface area contributed by atoms with Crippen LogP contribution in [-0.2, 0) is 18.4 Å². The van der Waals surface area contributed by atoms with Crippen molar-refractivity contribution in [1.29, 1.82) is 0 Å². The van der Waals surface area contributed by atoms with E-state index in [2.05, 4.69) is 24.0 Å². The van der Waals surface area contributed by atoms with Gasteiger partial charge in [0, 0.05) is 18.8 Å². The van der Waals surface area contributed by atoms with Gasteiger partial charge in [-0.15, -0.1) is 0 Å². The largest absolute Gasteiger partial charge is 0.385 e. The first kappa shape index (κ1) is 14.0. The lowest BCUT2D eigenvalue weighted by Gasteiger charge is -2.24. The predicted molar refractivity (Wildman–Crippen MR) is 78.3 cm³/mol. The third-order valence-corrected chi connectivity index (χ3v) is 3.72. The van der Waals surface area contributed by atoms with Gasteiger partial charge in [0.05, 0.1) is 10.6 Å². The number of aromatic nitrogens is 1. The standard InChI is InChI=1S/C16H18ClNO/c1-3-12-4-6-14(7-5-12)16(2,19)10-13-8-9-18-11-15(13)17/h4-9,11,19H,3,10H2,1-2H3. The van der Waals surface area contributed by atoms with Gasteiger partial charge in [-0.05, 0) is 36.1 Å². The summed E-state index contributed by atoms with van der Waals surface area (Å²) < 4.78 is 0. The van der Waals surface area contributed by atoms with Gasteiger partial charge >= 0.3 is 0 Å². The molecule has 1 N–H and O–H groups in total. The lowest BCUT2D eigenvalue weighted by Crippen LogP contribution is -2.24. The van der Waals surface area contributed by atoms with Crippen LogP contribution in [0.4, 0.5) is 0 Å². The monoisotopic (exact) mass is 275 g/mol. The number of nitrogens with zero attached hydrogens (tertiary/aromatic N) is 1. The Kier molecular flexibility index (Phi) is 4.23. The fourth-order valence-corrected chi connectivity index (χ4v) is 2.31. The number of hydrogen-bond donors (Lipinski definition) is 1. The molecule has 2 nitrogen and oxygen atoms in total. The van der Waals surface area contributed by atoms with Crippen LogP contribution >= 0.6 is 11.6 Å². The zero-order chi connectivity index (χ0) is 13.9. The SMILES string of the molecule is CCc1ccc(C(C)(O)Cc2ccncc2Cl)cc1. The van der Waals surface area contributed by atoms with Gasteiger partial charge in [0.2, 0.25) is 0 Å². The molecule has 1 heterocycles. The third-order valence-electron chi connectivity index (χ3n) is 3.38. The molecule has 1 aromatic heterocycles. The van der Waals surface area contributed by atoms with Crippen molar-refractivity contribution in [2.24, 2.45) is 0 Å². The molecular weight excluding hydrogens is 258 g/mol. The number of rotatable bonds is 4. The van der Waals surface area contributed by atoms with Gasteiger partial charge in [0.15, 0.2) is 0 Å². The van der Waals surface area contributed by atoms with Gasteiger partial charge in [0.1, 0.15) is 0 Å². The number of pyridine rings is 1. The van der Waals surface area contributed by atoms with E-state index in [0.717, 1.165) is 17.5 Å². The van der Waals surface area contributed by atoms with E-state index in [-0.39, 0.29) is 0 Å². The van der Waals surface area contributed by atoms with E-state index in [1.165, 1.54) is 5.56 Å². The van der Waals surface area contributed by atoms with Crippen molar-refractivity contribution in [1.82, 2.24) is 4.98 Å². The summed E-state index contributed by atoms with van der Waals surface area (Å²) in [5.74, 6) is 0. The first-order chi connectivity index (χ1) is 9.03. The molecule has 2 rings (SSSR count). The minimum atomic E-state index is -0.933. The highest BCUT2D eigenvalue weighted by Gasteiger charge is 2.24. The lowest BCUT2D eigenvalue weighted by atomic mass is 9.89.